The van der Waals surface area contributed by atoms with Gasteiger partial charge in [0.2, 0.25) is 10.0 Å². The predicted molar refractivity (Wildman–Crippen MR) is 97.2 cm³/mol. The van der Waals surface area contributed by atoms with E-state index in [2.05, 4.69) is 4.72 Å². The van der Waals surface area contributed by atoms with Gasteiger partial charge >= 0.3 is 0 Å². The number of hydrogen-bond acceptors (Lipinski definition) is 5. The lowest BCUT2D eigenvalue weighted by Crippen LogP contribution is -2.35. The lowest BCUT2D eigenvalue weighted by Gasteiger charge is -2.15. The summed E-state index contributed by atoms with van der Waals surface area (Å²) in [5, 5.41) is 0.257. The quantitative estimate of drug-likeness (QED) is 0.759. The standard InChI is InChI=1S/C17H15ClN2O5S/c1-25-15-7-6-11(10-14(15)18)19-26(23,24)9-8-20-16(21)12-4-2-3-5-13(12)17(20)22/h2-7,10,19H,8-9H2,1H3. The van der Waals surface area contributed by atoms with E-state index < -0.39 is 27.6 Å². The molecule has 0 saturated carbocycles. The van der Waals surface area contributed by atoms with Crippen LogP contribution in [0.1, 0.15) is 20.7 Å². The highest BCUT2D eigenvalue weighted by atomic mass is 35.5. The van der Waals surface area contributed by atoms with Crippen molar-refractivity contribution in [3.63, 3.8) is 0 Å². The Morgan fingerprint density at radius 2 is 1.69 bits per heavy atom. The van der Waals surface area contributed by atoms with E-state index in [-0.39, 0.29) is 28.4 Å². The molecule has 2 aromatic carbocycles. The first-order valence-corrected chi connectivity index (χ1v) is 9.64. The molecule has 0 aromatic heterocycles. The Hall–Kier alpha value is -2.58. The van der Waals surface area contributed by atoms with E-state index in [4.69, 9.17) is 16.3 Å². The largest absolute Gasteiger partial charge is 0.495 e. The molecule has 2 aromatic rings. The highest BCUT2D eigenvalue weighted by Gasteiger charge is 2.35. The molecule has 0 aliphatic carbocycles. The predicted octanol–water partition coefficient (Wildman–Crippen LogP) is 2.39. The summed E-state index contributed by atoms with van der Waals surface area (Å²) < 4.78 is 31.9. The van der Waals surface area contributed by atoms with E-state index in [1.54, 1.807) is 24.3 Å². The van der Waals surface area contributed by atoms with Crippen molar-refractivity contribution in [3.05, 3.63) is 58.6 Å². The monoisotopic (exact) mass is 394 g/mol. The van der Waals surface area contributed by atoms with Crippen LogP contribution in [0.5, 0.6) is 5.75 Å². The van der Waals surface area contributed by atoms with E-state index in [1.165, 1.54) is 25.3 Å². The van der Waals surface area contributed by atoms with Crippen LogP contribution in [0.25, 0.3) is 0 Å². The third-order valence-electron chi connectivity index (χ3n) is 3.89. The van der Waals surface area contributed by atoms with Crippen molar-refractivity contribution in [1.82, 2.24) is 4.90 Å². The molecule has 1 N–H and O–H groups in total. The second-order valence-electron chi connectivity index (χ2n) is 5.58. The molecule has 0 spiro atoms. The molecule has 0 unspecified atom stereocenters. The van der Waals surface area contributed by atoms with E-state index in [9.17, 15) is 18.0 Å². The summed E-state index contributed by atoms with van der Waals surface area (Å²) in [5.41, 5.74) is 0.827. The first-order chi connectivity index (χ1) is 12.3. The van der Waals surface area contributed by atoms with Crippen LogP contribution < -0.4 is 9.46 Å². The maximum absolute atomic E-state index is 12.3. The van der Waals surface area contributed by atoms with Crippen molar-refractivity contribution in [3.8, 4) is 5.75 Å². The normalized spacial score (nSPS) is 13.7. The summed E-state index contributed by atoms with van der Waals surface area (Å²) in [4.78, 5) is 25.4. The van der Waals surface area contributed by atoms with Crippen molar-refractivity contribution >= 4 is 39.1 Å². The van der Waals surface area contributed by atoms with Gasteiger partial charge in [-0.2, -0.15) is 0 Å². The summed E-state index contributed by atoms with van der Waals surface area (Å²) in [6.07, 6.45) is 0. The molecule has 0 fully saturated rings. The van der Waals surface area contributed by atoms with Gasteiger partial charge in [-0.1, -0.05) is 23.7 Å². The lowest BCUT2D eigenvalue weighted by atomic mass is 10.1. The van der Waals surface area contributed by atoms with Crippen molar-refractivity contribution in [2.24, 2.45) is 0 Å². The summed E-state index contributed by atoms with van der Waals surface area (Å²) >= 11 is 5.97. The van der Waals surface area contributed by atoms with Gasteiger partial charge in [0.25, 0.3) is 11.8 Å². The van der Waals surface area contributed by atoms with Crippen LogP contribution in [0.2, 0.25) is 5.02 Å². The molecule has 7 nitrogen and oxygen atoms in total. The van der Waals surface area contributed by atoms with Crippen LogP contribution in [-0.2, 0) is 10.0 Å². The Morgan fingerprint density at radius 3 is 2.23 bits per heavy atom. The molecular weight excluding hydrogens is 380 g/mol. The van der Waals surface area contributed by atoms with Crippen molar-refractivity contribution in [1.29, 1.82) is 0 Å². The molecule has 9 heteroatoms. The zero-order valence-corrected chi connectivity index (χ0v) is 15.3. The molecule has 136 valence electrons. The fourth-order valence-electron chi connectivity index (χ4n) is 2.61. The maximum Gasteiger partial charge on any atom is 0.261 e. The first kappa shape index (κ1) is 18.2. The number of nitrogens with zero attached hydrogens (tertiary/aromatic N) is 1. The number of ether oxygens (including phenoxy) is 1. The maximum atomic E-state index is 12.3. The number of anilines is 1. The van der Waals surface area contributed by atoms with Crippen LogP contribution >= 0.6 is 11.6 Å². The van der Waals surface area contributed by atoms with Gasteiger partial charge in [0.15, 0.2) is 0 Å². The topological polar surface area (TPSA) is 92.8 Å². The fourth-order valence-corrected chi connectivity index (χ4v) is 3.88. The van der Waals surface area contributed by atoms with Crippen LogP contribution in [0.15, 0.2) is 42.5 Å². The van der Waals surface area contributed by atoms with Gasteiger partial charge in [-0.3, -0.25) is 19.2 Å². The fraction of sp³-hybridized carbons (Fsp3) is 0.176. The average Bonchev–Trinajstić information content (AvgIpc) is 2.84. The number of fused-ring (bicyclic) bond motifs is 1. The number of hydrogen-bond donors (Lipinski definition) is 1. The summed E-state index contributed by atoms with van der Waals surface area (Å²) in [6.45, 7) is -0.244. The van der Waals surface area contributed by atoms with Crippen LogP contribution in [0.4, 0.5) is 5.69 Å². The van der Waals surface area contributed by atoms with E-state index in [0.29, 0.717) is 5.75 Å². The number of imide groups is 1. The minimum atomic E-state index is -3.79. The number of carbonyl (C=O) groups is 2. The average molecular weight is 395 g/mol. The Morgan fingerprint density at radius 1 is 1.08 bits per heavy atom. The van der Waals surface area contributed by atoms with Crippen molar-refractivity contribution in [2.45, 2.75) is 0 Å². The zero-order chi connectivity index (χ0) is 18.9. The van der Waals surface area contributed by atoms with Gasteiger partial charge in [0, 0.05) is 6.54 Å². The number of methoxy groups -OCH3 is 1. The number of sulfonamides is 1. The van der Waals surface area contributed by atoms with Crippen LogP contribution in [0.3, 0.4) is 0 Å². The third-order valence-corrected chi connectivity index (χ3v) is 5.45. The number of halogens is 1. The van der Waals surface area contributed by atoms with E-state index in [1.807, 2.05) is 0 Å². The number of carbonyl (C=O) groups excluding carboxylic acids is 2. The van der Waals surface area contributed by atoms with Crippen LogP contribution in [0, 0.1) is 0 Å². The van der Waals surface area contributed by atoms with Gasteiger partial charge in [0.05, 0.1) is 34.7 Å². The smallest absolute Gasteiger partial charge is 0.261 e. The second-order valence-corrected chi connectivity index (χ2v) is 7.83. The van der Waals surface area contributed by atoms with Gasteiger partial charge in [0.1, 0.15) is 5.75 Å². The SMILES string of the molecule is COc1ccc(NS(=O)(=O)CCN2C(=O)c3ccccc3C2=O)cc1Cl. The second kappa shape index (κ2) is 6.97. The number of benzene rings is 2. The zero-order valence-electron chi connectivity index (χ0n) is 13.7. The molecule has 1 aliphatic heterocycles. The number of rotatable bonds is 6. The number of nitrogens with one attached hydrogen (secondary N) is 1. The molecule has 1 heterocycles. The third kappa shape index (κ3) is 3.51. The number of amides is 2. The Bertz CT molecular complexity index is 955. The minimum Gasteiger partial charge on any atom is -0.495 e. The van der Waals surface area contributed by atoms with E-state index >= 15 is 0 Å². The minimum absolute atomic E-state index is 0.244. The molecule has 26 heavy (non-hydrogen) atoms. The molecule has 0 saturated heterocycles. The highest BCUT2D eigenvalue weighted by molar-refractivity contribution is 7.92. The molecule has 0 radical (unpaired) electrons. The molecule has 3 rings (SSSR count). The molecule has 0 bridgehead atoms. The lowest BCUT2D eigenvalue weighted by molar-refractivity contribution is 0.0664. The summed E-state index contributed by atoms with van der Waals surface area (Å²) in [7, 11) is -2.34. The van der Waals surface area contributed by atoms with E-state index in [0.717, 1.165) is 4.90 Å². The Labute approximate surface area is 155 Å². The molecule has 2 amide bonds. The molecule has 0 atom stereocenters. The Kier molecular flexibility index (Phi) is 4.88. The Balaban J connectivity index is 1.69. The summed E-state index contributed by atoms with van der Waals surface area (Å²) in [5.74, 6) is -0.996. The molecular formula is C17H15ClN2O5S. The van der Waals surface area contributed by atoms with Gasteiger partial charge in [-0.05, 0) is 30.3 Å². The van der Waals surface area contributed by atoms with Crippen molar-refractivity contribution in [2.75, 3.05) is 24.1 Å². The summed E-state index contributed by atoms with van der Waals surface area (Å²) in [6, 6.07) is 10.8. The highest BCUT2D eigenvalue weighted by Crippen LogP contribution is 2.28. The van der Waals surface area contributed by atoms with Gasteiger partial charge in [-0.25, -0.2) is 8.42 Å². The van der Waals surface area contributed by atoms with Gasteiger partial charge < -0.3 is 4.74 Å². The van der Waals surface area contributed by atoms with Crippen LogP contribution in [-0.4, -0.2) is 44.5 Å². The molecule has 1 aliphatic rings. The van der Waals surface area contributed by atoms with Gasteiger partial charge in [-0.15, -0.1) is 0 Å². The van der Waals surface area contributed by atoms with Crippen molar-refractivity contribution < 1.29 is 22.7 Å². The first-order valence-electron chi connectivity index (χ1n) is 7.61.